The van der Waals surface area contributed by atoms with Gasteiger partial charge in [0.2, 0.25) is 0 Å². The molecule has 1 heterocycles. The smallest absolute Gasteiger partial charge is 0.0259 e. The molecular weight excluding hydrogens is 182 g/mol. The van der Waals surface area contributed by atoms with Crippen molar-refractivity contribution in [2.24, 2.45) is 16.8 Å². The van der Waals surface area contributed by atoms with Crippen molar-refractivity contribution >= 4 is 5.71 Å². The molecule has 0 aromatic carbocycles. The van der Waals surface area contributed by atoms with Gasteiger partial charge in [-0.3, -0.25) is 4.99 Å². The fourth-order valence-corrected chi connectivity index (χ4v) is 3.10. The molecule has 1 aliphatic heterocycles. The molecule has 84 valence electrons. The molecule has 0 saturated heterocycles. The van der Waals surface area contributed by atoms with E-state index in [9.17, 15) is 0 Å². The maximum Gasteiger partial charge on any atom is 0.0259 e. The van der Waals surface area contributed by atoms with Crippen molar-refractivity contribution in [1.29, 1.82) is 0 Å². The van der Waals surface area contributed by atoms with Gasteiger partial charge in [-0.15, -0.1) is 0 Å². The van der Waals surface area contributed by atoms with Gasteiger partial charge in [0.05, 0.1) is 0 Å². The molecule has 2 aliphatic rings. The molecule has 0 N–H and O–H groups in total. The molecule has 1 nitrogen and oxygen atoms in total. The summed E-state index contributed by atoms with van der Waals surface area (Å²) in [6.45, 7) is 4.49. The van der Waals surface area contributed by atoms with Crippen molar-refractivity contribution in [1.82, 2.24) is 0 Å². The third-order valence-electron chi connectivity index (χ3n) is 4.11. The van der Waals surface area contributed by atoms with Gasteiger partial charge in [-0.2, -0.15) is 0 Å². The van der Waals surface area contributed by atoms with E-state index in [1.165, 1.54) is 56.2 Å². The molecule has 0 bridgehead atoms. The molecule has 0 radical (unpaired) electrons. The lowest BCUT2D eigenvalue weighted by Gasteiger charge is -2.30. The minimum atomic E-state index is 0.757. The molecule has 1 aliphatic carbocycles. The Kier molecular flexibility index (Phi) is 3.61. The first-order chi connectivity index (χ1) is 7.29. The summed E-state index contributed by atoms with van der Waals surface area (Å²) in [6.07, 6.45) is 12.0. The van der Waals surface area contributed by atoms with Gasteiger partial charge in [0.25, 0.3) is 0 Å². The molecule has 0 aromatic rings. The van der Waals surface area contributed by atoms with Crippen molar-refractivity contribution in [2.75, 3.05) is 0 Å². The monoisotopic (exact) mass is 205 g/mol. The van der Waals surface area contributed by atoms with E-state index in [0.717, 1.165) is 11.8 Å². The predicted molar refractivity (Wildman–Crippen MR) is 66.2 cm³/mol. The van der Waals surface area contributed by atoms with Crippen molar-refractivity contribution in [2.45, 2.75) is 58.8 Å². The Hall–Kier alpha value is -0.590. The van der Waals surface area contributed by atoms with E-state index in [-0.39, 0.29) is 0 Å². The molecule has 2 rings (SSSR count). The van der Waals surface area contributed by atoms with Crippen LogP contribution in [0.25, 0.3) is 0 Å². The second-order valence-corrected chi connectivity index (χ2v) is 5.20. The van der Waals surface area contributed by atoms with Crippen LogP contribution in [-0.4, -0.2) is 5.71 Å². The lowest BCUT2D eigenvalue weighted by molar-refractivity contribution is 0.408. The van der Waals surface area contributed by atoms with E-state index in [1.807, 2.05) is 0 Å². The first-order valence-electron chi connectivity index (χ1n) is 6.50. The number of aliphatic imine (C=N–C) groups is 1. The van der Waals surface area contributed by atoms with E-state index >= 15 is 0 Å². The van der Waals surface area contributed by atoms with E-state index in [2.05, 4.69) is 25.0 Å². The Morgan fingerprint density at radius 3 is 2.27 bits per heavy atom. The molecular formula is C14H23N. The molecule has 0 amide bonds. The minimum Gasteiger partial charge on any atom is -0.266 e. The topological polar surface area (TPSA) is 12.4 Å². The van der Waals surface area contributed by atoms with Gasteiger partial charge in [0.1, 0.15) is 0 Å². The number of allylic oxidation sites excluding steroid dienone is 1. The summed E-state index contributed by atoms with van der Waals surface area (Å²) in [6, 6.07) is 0. The van der Waals surface area contributed by atoms with Crippen LogP contribution in [0.4, 0.5) is 0 Å². The highest BCUT2D eigenvalue weighted by molar-refractivity contribution is 5.86. The second kappa shape index (κ2) is 4.96. The zero-order valence-electron chi connectivity index (χ0n) is 10.1. The maximum absolute atomic E-state index is 4.55. The van der Waals surface area contributed by atoms with Gasteiger partial charge in [0.15, 0.2) is 0 Å². The van der Waals surface area contributed by atoms with E-state index < -0.39 is 0 Å². The Bertz CT molecular complexity index is 247. The molecule has 1 fully saturated rings. The first-order valence-corrected chi connectivity index (χ1v) is 6.50. The zero-order chi connectivity index (χ0) is 10.7. The highest BCUT2D eigenvalue weighted by Crippen LogP contribution is 2.35. The normalized spacial score (nSPS) is 32.9. The molecule has 1 heteroatoms. The summed E-state index contributed by atoms with van der Waals surface area (Å²) in [7, 11) is 0. The van der Waals surface area contributed by atoms with E-state index in [1.54, 1.807) is 0 Å². The second-order valence-electron chi connectivity index (χ2n) is 5.20. The zero-order valence-corrected chi connectivity index (χ0v) is 10.1. The predicted octanol–water partition coefficient (Wildman–Crippen LogP) is 4.34. The van der Waals surface area contributed by atoms with Crippen molar-refractivity contribution < 1.29 is 0 Å². The molecule has 1 saturated carbocycles. The summed E-state index contributed by atoms with van der Waals surface area (Å²) in [5, 5.41) is 0. The summed E-state index contributed by atoms with van der Waals surface area (Å²) >= 11 is 0. The Balaban J connectivity index is 2.13. The van der Waals surface area contributed by atoms with Crippen LogP contribution in [0.15, 0.2) is 16.8 Å². The van der Waals surface area contributed by atoms with Gasteiger partial charge in [-0.1, -0.05) is 37.7 Å². The summed E-state index contributed by atoms with van der Waals surface area (Å²) in [4.78, 5) is 4.55. The number of rotatable bonds is 0. The Morgan fingerprint density at radius 1 is 0.933 bits per heavy atom. The molecule has 2 unspecified atom stereocenters. The van der Waals surface area contributed by atoms with Crippen LogP contribution in [-0.2, 0) is 0 Å². The van der Waals surface area contributed by atoms with E-state index in [0.29, 0.717) is 0 Å². The summed E-state index contributed by atoms with van der Waals surface area (Å²) in [5.74, 6) is 1.56. The molecule has 15 heavy (non-hydrogen) atoms. The van der Waals surface area contributed by atoms with Gasteiger partial charge in [0, 0.05) is 17.8 Å². The Labute approximate surface area is 93.7 Å². The maximum atomic E-state index is 4.55. The van der Waals surface area contributed by atoms with Crippen LogP contribution in [0.2, 0.25) is 0 Å². The van der Waals surface area contributed by atoms with Crippen LogP contribution < -0.4 is 0 Å². The van der Waals surface area contributed by atoms with Crippen LogP contribution in [0, 0.1) is 11.8 Å². The SMILES string of the molecule is CC1=CN=C(C)C2CCCCCCCC12. The highest BCUT2D eigenvalue weighted by Gasteiger charge is 2.27. The lowest BCUT2D eigenvalue weighted by Crippen LogP contribution is -2.25. The average Bonchev–Trinajstić information content (AvgIpc) is 2.35. The average molecular weight is 205 g/mol. The first kappa shape index (κ1) is 10.9. The molecule has 0 spiro atoms. The molecule has 0 aromatic heterocycles. The highest BCUT2D eigenvalue weighted by atomic mass is 14.7. The van der Waals surface area contributed by atoms with Crippen LogP contribution in [0.3, 0.4) is 0 Å². The largest absolute Gasteiger partial charge is 0.266 e. The fourth-order valence-electron chi connectivity index (χ4n) is 3.10. The summed E-state index contributed by atoms with van der Waals surface area (Å²) < 4.78 is 0. The number of nitrogens with zero attached hydrogens (tertiary/aromatic N) is 1. The standard InChI is InChI=1S/C14H23N/c1-11-10-15-12(2)14-9-7-5-3-4-6-8-13(11)14/h10,13-14H,3-9H2,1-2H3. The van der Waals surface area contributed by atoms with Crippen molar-refractivity contribution in [3.8, 4) is 0 Å². The third-order valence-corrected chi connectivity index (χ3v) is 4.11. The number of hydrogen-bond acceptors (Lipinski definition) is 1. The lowest BCUT2D eigenvalue weighted by atomic mass is 9.77. The quantitative estimate of drug-likeness (QED) is 0.558. The van der Waals surface area contributed by atoms with Gasteiger partial charge >= 0.3 is 0 Å². The number of fused-ring (bicyclic) bond motifs is 1. The van der Waals surface area contributed by atoms with E-state index in [4.69, 9.17) is 0 Å². The van der Waals surface area contributed by atoms with Crippen molar-refractivity contribution in [3.63, 3.8) is 0 Å². The van der Waals surface area contributed by atoms with Gasteiger partial charge < -0.3 is 0 Å². The molecule has 2 atom stereocenters. The number of hydrogen-bond donors (Lipinski definition) is 0. The Morgan fingerprint density at radius 2 is 1.53 bits per heavy atom. The van der Waals surface area contributed by atoms with Crippen LogP contribution >= 0.6 is 0 Å². The third kappa shape index (κ3) is 2.50. The fraction of sp³-hybridized carbons (Fsp3) is 0.786. The minimum absolute atomic E-state index is 0.757. The van der Waals surface area contributed by atoms with Crippen LogP contribution in [0.1, 0.15) is 58.8 Å². The van der Waals surface area contributed by atoms with Crippen LogP contribution in [0.5, 0.6) is 0 Å². The van der Waals surface area contributed by atoms with Crippen molar-refractivity contribution in [3.05, 3.63) is 11.8 Å². The summed E-state index contributed by atoms with van der Waals surface area (Å²) in [5.41, 5.74) is 2.90. The van der Waals surface area contributed by atoms with Gasteiger partial charge in [-0.25, -0.2) is 0 Å². The van der Waals surface area contributed by atoms with Gasteiger partial charge in [-0.05, 0) is 32.6 Å².